The maximum atomic E-state index is 10.1. The summed E-state index contributed by atoms with van der Waals surface area (Å²) in [5.41, 5.74) is 2.09. The van der Waals surface area contributed by atoms with Gasteiger partial charge in [0.05, 0.1) is 6.10 Å². The number of benzene rings is 2. The maximum Gasteiger partial charge on any atom is 0.0830 e. The van der Waals surface area contributed by atoms with Gasteiger partial charge in [0.25, 0.3) is 0 Å². The second-order valence-corrected chi connectivity index (χ2v) is 6.06. The molecule has 0 radical (unpaired) electrons. The minimum atomic E-state index is -0.443. The van der Waals surface area contributed by atoms with Crippen LogP contribution >= 0.6 is 38.5 Å². The molecular formula is C14H12BrIO. The summed E-state index contributed by atoms with van der Waals surface area (Å²) < 4.78 is 2.23. The van der Waals surface area contributed by atoms with Crippen molar-refractivity contribution in [2.45, 2.75) is 12.5 Å². The molecule has 0 bridgehead atoms. The van der Waals surface area contributed by atoms with Gasteiger partial charge in [-0.05, 0) is 58.0 Å². The summed E-state index contributed by atoms with van der Waals surface area (Å²) in [5.74, 6) is 0. The molecule has 17 heavy (non-hydrogen) atoms. The Morgan fingerprint density at radius 3 is 2.47 bits per heavy atom. The summed E-state index contributed by atoms with van der Waals surface area (Å²) in [6.45, 7) is 0. The first-order chi connectivity index (χ1) is 8.15. The fraction of sp³-hybridized carbons (Fsp3) is 0.143. The molecule has 0 saturated carbocycles. The maximum absolute atomic E-state index is 10.1. The molecule has 3 heteroatoms. The van der Waals surface area contributed by atoms with Crippen molar-refractivity contribution in [1.29, 1.82) is 0 Å². The van der Waals surface area contributed by atoms with Crippen LogP contribution in [0.15, 0.2) is 53.0 Å². The lowest BCUT2D eigenvalue weighted by Crippen LogP contribution is -2.01. The molecule has 0 aromatic heterocycles. The molecule has 2 aromatic rings. The summed E-state index contributed by atoms with van der Waals surface area (Å²) in [7, 11) is 0. The van der Waals surface area contributed by atoms with Crippen molar-refractivity contribution in [3.8, 4) is 0 Å². The second kappa shape index (κ2) is 5.98. The van der Waals surface area contributed by atoms with Gasteiger partial charge in [-0.15, -0.1) is 0 Å². The lowest BCUT2D eigenvalue weighted by atomic mass is 10.0. The molecule has 2 aromatic carbocycles. The molecule has 88 valence electrons. The molecule has 0 saturated heterocycles. The molecule has 0 fully saturated rings. The third-order valence-corrected chi connectivity index (χ3v) is 3.79. The lowest BCUT2D eigenvalue weighted by Gasteiger charge is -2.11. The fourth-order valence-electron chi connectivity index (χ4n) is 1.69. The van der Waals surface area contributed by atoms with Crippen LogP contribution in [0.25, 0.3) is 0 Å². The summed E-state index contributed by atoms with van der Waals surface area (Å²) in [5, 5.41) is 10.1. The van der Waals surface area contributed by atoms with Crippen LogP contribution in [-0.4, -0.2) is 5.11 Å². The molecule has 2 rings (SSSR count). The molecule has 0 spiro atoms. The molecule has 0 aliphatic rings. The smallest absolute Gasteiger partial charge is 0.0830 e. The molecule has 1 atom stereocenters. The van der Waals surface area contributed by atoms with Crippen LogP contribution in [0, 0.1) is 3.57 Å². The third-order valence-electron chi connectivity index (χ3n) is 2.57. The highest BCUT2D eigenvalue weighted by atomic mass is 127. The Morgan fingerprint density at radius 1 is 1.12 bits per heavy atom. The Bertz CT molecular complexity index is 496. The van der Waals surface area contributed by atoms with Gasteiger partial charge in [0, 0.05) is 14.5 Å². The van der Waals surface area contributed by atoms with Crippen molar-refractivity contribution in [3.05, 3.63) is 67.7 Å². The first-order valence-corrected chi connectivity index (χ1v) is 7.20. The predicted octanol–water partition coefficient (Wildman–Crippen LogP) is 4.33. The van der Waals surface area contributed by atoms with E-state index in [2.05, 4.69) is 38.5 Å². The standard InChI is InChI=1S/C14H12BrIO/c15-12-3-1-2-10(8-12)9-14(17)11-4-6-13(16)7-5-11/h1-8,14,17H,9H2. The zero-order chi connectivity index (χ0) is 12.3. The van der Waals surface area contributed by atoms with Crippen LogP contribution in [0.2, 0.25) is 0 Å². The van der Waals surface area contributed by atoms with E-state index < -0.39 is 6.10 Å². The van der Waals surface area contributed by atoms with Gasteiger partial charge in [0.2, 0.25) is 0 Å². The predicted molar refractivity (Wildman–Crippen MR) is 82.0 cm³/mol. The van der Waals surface area contributed by atoms with E-state index in [1.807, 2.05) is 48.5 Å². The number of hydrogen-bond donors (Lipinski definition) is 1. The van der Waals surface area contributed by atoms with Crippen molar-refractivity contribution >= 4 is 38.5 Å². The molecule has 0 aliphatic carbocycles. The van der Waals surface area contributed by atoms with Crippen LogP contribution in [0.3, 0.4) is 0 Å². The van der Waals surface area contributed by atoms with Crippen molar-refractivity contribution in [1.82, 2.24) is 0 Å². The topological polar surface area (TPSA) is 20.2 Å². The van der Waals surface area contributed by atoms with Crippen molar-refractivity contribution in [3.63, 3.8) is 0 Å². The molecule has 1 nitrogen and oxygen atoms in total. The van der Waals surface area contributed by atoms with E-state index in [1.54, 1.807) is 0 Å². The van der Waals surface area contributed by atoms with E-state index >= 15 is 0 Å². The van der Waals surface area contributed by atoms with Crippen LogP contribution in [0.1, 0.15) is 17.2 Å². The van der Waals surface area contributed by atoms with Crippen LogP contribution in [-0.2, 0) is 6.42 Å². The highest BCUT2D eigenvalue weighted by Crippen LogP contribution is 2.21. The molecule has 0 heterocycles. The summed E-state index contributed by atoms with van der Waals surface area (Å²) in [6.07, 6.45) is 0.196. The molecule has 1 unspecified atom stereocenters. The average molecular weight is 403 g/mol. The number of aliphatic hydroxyl groups is 1. The zero-order valence-electron chi connectivity index (χ0n) is 9.11. The van der Waals surface area contributed by atoms with E-state index in [-0.39, 0.29) is 0 Å². The van der Waals surface area contributed by atoms with E-state index in [4.69, 9.17) is 0 Å². The van der Waals surface area contributed by atoms with Gasteiger partial charge < -0.3 is 5.11 Å². The van der Waals surface area contributed by atoms with Gasteiger partial charge >= 0.3 is 0 Å². The van der Waals surface area contributed by atoms with Gasteiger partial charge in [-0.1, -0.05) is 40.2 Å². The first kappa shape index (κ1) is 13.1. The fourth-order valence-corrected chi connectivity index (χ4v) is 2.50. The highest BCUT2D eigenvalue weighted by molar-refractivity contribution is 14.1. The summed E-state index contributed by atoms with van der Waals surface area (Å²) >= 11 is 5.70. The normalized spacial score (nSPS) is 12.4. The Kier molecular flexibility index (Phi) is 4.59. The van der Waals surface area contributed by atoms with Gasteiger partial charge in [0.15, 0.2) is 0 Å². The molecule has 0 amide bonds. The average Bonchev–Trinajstić information content (AvgIpc) is 2.29. The number of rotatable bonds is 3. The van der Waals surface area contributed by atoms with Crippen LogP contribution in [0.4, 0.5) is 0 Å². The Morgan fingerprint density at radius 2 is 1.82 bits per heavy atom. The third kappa shape index (κ3) is 3.79. The molecular weight excluding hydrogens is 391 g/mol. The van der Waals surface area contributed by atoms with E-state index in [0.29, 0.717) is 6.42 Å². The van der Waals surface area contributed by atoms with Crippen molar-refractivity contribution in [2.24, 2.45) is 0 Å². The highest BCUT2D eigenvalue weighted by Gasteiger charge is 2.08. The Balaban J connectivity index is 2.11. The number of aliphatic hydroxyl groups excluding tert-OH is 1. The van der Waals surface area contributed by atoms with Gasteiger partial charge in [0.1, 0.15) is 0 Å². The largest absolute Gasteiger partial charge is 0.388 e. The summed E-state index contributed by atoms with van der Waals surface area (Å²) in [4.78, 5) is 0. The number of halogens is 2. The van der Waals surface area contributed by atoms with Crippen LogP contribution in [0.5, 0.6) is 0 Å². The SMILES string of the molecule is OC(Cc1cccc(Br)c1)c1ccc(I)cc1. The Hall–Kier alpha value is -0.390. The van der Waals surface area contributed by atoms with Crippen molar-refractivity contribution in [2.75, 3.05) is 0 Å². The Labute approximate surface area is 123 Å². The van der Waals surface area contributed by atoms with Crippen LogP contribution < -0.4 is 0 Å². The van der Waals surface area contributed by atoms with E-state index in [9.17, 15) is 5.11 Å². The second-order valence-electron chi connectivity index (χ2n) is 3.90. The molecule has 1 N–H and O–H groups in total. The van der Waals surface area contributed by atoms with Gasteiger partial charge in [-0.3, -0.25) is 0 Å². The molecule has 0 aliphatic heterocycles. The summed E-state index contributed by atoms with van der Waals surface area (Å²) in [6, 6.07) is 16.0. The minimum Gasteiger partial charge on any atom is -0.388 e. The van der Waals surface area contributed by atoms with E-state index in [1.165, 1.54) is 3.57 Å². The monoisotopic (exact) mass is 402 g/mol. The zero-order valence-corrected chi connectivity index (χ0v) is 12.8. The first-order valence-electron chi connectivity index (χ1n) is 5.33. The quantitative estimate of drug-likeness (QED) is 0.757. The van der Waals surface area contributed by atoms with Gasteiger partial charge in [-0.25, -0.2) is 0 Å². The van der Waals surface area contributed by atoms with E-state index in [0.717, 1.165) is 15.6 Å². The number of hydrogen-bond acceptors (Lipinski definition) is 1. The minimum absolute atomic E-state index is 0.443. The van der Waals surface area contributed by atoms with Crippen molar-refractivity contribution < 1.29 is 5.11 Å². The lowest BCUT2D eigenvalue weighted by molar-refractivity contribution is 0.178. The van der Waals surface area contributed by atoms with Gasteiger partial charge in [-0.2, -0.15) is 0 Å².